The van der Waals surface area contributed by atoms with Gasteiger partial charge in [0.1, 0.15) is 5.41 Å². The van der Waals surface area contributed by atoms with Gasteiger partial charge in [-0.1, -0.05) is 86.1 Å². The van der Waals surface area contributed by atoms with Crippen LogP contribution in [-0.4, -0.2) is 77.0 Å². The number of carboxylic acid groups (broad SMARTS) is 2. The topological polar surface area (TPSA) is 168 Å². The van der Waals surface area contributed by atoms with Gasteiger partial charge in [-0.15, -0.1) is 0 Å². The number of nitrogens with one attached hydrogen (secondary N) is 1. The summed E-state index contributed by atoms with van der Waals surface area (Å²) in [7, 11) is 0. The number of carboxylic acids is 2. The van der Waals surface area contributed by atoms with Crippen LogP contribution in [0.1, 0.15) is 81.4 Å². The van der Waals surface area contributed by atoms with Gasteiger partial charge in [0.15, 0.2) is 0 Å². The zero-order valence-electron chi connectivity index (χ0n) is 29.7. The minimum absolute atomic E-state index is 0.0511. The van der Waals surface area contributed by atoms with Crippen molar-refractivity contribution in [3.8, 4) is 0 Å². The number of nitrogens with zero attached hydrogens (tertiary/aromatic N) is 2. The van der Waals surface area contributed by atoms with E-state index in [9.17, 15) is 29.9 Å². The van der Waals surface area contributed by atoms with Crippen LogP contribution in [-0.2, 0) is 19.7 Å². The molecular weight excluding hydrogens is 648 g/mol. The quantitative estimate of drug-likeness (QED) is 0.0771. The number of unbranched alkanes of at least 4 members (excludes halogenated alkanes) is 1. The van der Waals surface area contributed by atoms with E-state index in [1.807, 2.05) is 19.1 Å². The van der Waals surface area contributed by atoms with Crippen LogP contribution >= 0.6 is 0 Å². The van der Waals surface area contributed by atoms with Crippen molar-refractivity contribution >= 4 is 17.6 Å². The molecule has 2 heterocycles. The number of piperidine rings is 2. The van der Waals surface area contributed by atoms with Crippen molar-refractivity contribution in [1.29, 1.82) is 0 Å². The highest BCUT2D eigenvalue weighted by atomic mass is 16.6. The van der Waals surface area contributed by atoms with E-state index >= 15 is 0 Å². The summed E-state index contributed by atoms with van der Waals surface area (Å²) in [6.07, 6.45) is 2.90. The number of nitro groups is 1. The molecule has 11 nitrogen and oxygen atoms in total. The number of rotatable bonds is 16. The molecule has 11 heteroatoms. The lowest BCUT2D eigenvalue weighted by atomic mass is 9.50. The fourth-order valence-corrected chi connectivity index (χ4v) is 8.91. The highest BCUT2D eigenvalue weighted by Gasteiger charge is 2.67. The summed E-state index contributed by atoms with van der Waals surface area (Å²) >= 11 is 0. The molecule has 5 atom stereocenters. The van der Waals surface area contributed by atoms with Crippen LogP contribution < -0.4 is 11.1 Å². The average molecular weight is 701 g/mol. The number of carbonyl (C=O) groups is 2. The molecule has 2 fully saturated rings. The molecule has 0 bridgehead atoms. The maximum atomic E-state index is 13.8. The number of likely N-dealkylation sites (tertiary alicyclic amines) is 1. The van der Waals surface area contributed by atoms with E-state index in [0.717, 1.165) is 38.8 Å². The van der Waals surface area contributed by atoms with Gasteiger partial charge in [0.05, 0.1) is 16.5 Å². The fraction of sp³-hybridized carbons (Fsp3) is 0.500. The van der Waals surface area contributed by atoms with Gasteiger partial charge in [0.2, 0.25) is 0 Å². The first kappa shape index (κ1) is 38.1. The number of benzene rings is 3. The molecule has 4 unspecified atom stereocenters. The molecule has 5 rings (SSSR count). The van der Waals surface area contributed by atoms with E-state index in [2.05, 4.69) is 58.7 Å². The number of non-ortho nitro benzene ring substituents is 1. The third-order valence-corrected chi connectivity index (χ3v) is 11.7. The third kappa shape index (κ3) is 7.44. The normalized spacial score (nSPS) is 26.4. The van der Waals surface area contributed by atoms with E-state index in [-0.39, 0.29) is 36.1 Å². The number of ether oxygens (including phenoxy) is 1. The first-order valence-corrected chi connectivity index (χ1v) is 18.2. The molecule has 2 saturated heterocycles. The zero-order valence-corrected chi connectivity index (χ0v) is 29.7. The predicted molar refractivity (Wildman–Crippen MR) is 195 cm³/mol. The lowest BCUT2D eigenvalue weighted by Gasteiger charge is -2.57. The van der Waals surface area contributed by atoms with Gasteiger partial charge >= 0.3 is 11.9 Å². The zero-order chi connectivity index (χ0) is 36.6. The monoisotopic (exact) mass is 700 g/mol. The van der Waals surface area contributed by atoms with Gasteiger partial charge < -0.3 is 25.6 Å². The minimum atomic E-state index is -1.83. The van der Waals surface area contributed by atoms with Crippen LogP contribution in [0.3, 0.4) is 0 Å². The highest BCUT2D eigenvalue weighted by Crippen LogP contribution is 2.58. The van der Waals surface area contributed by atoms with E-state index in [1.54, 1.807) is 13.0 Å². The molecule has 3 aromatic carbocycles. The number of nitrogens with two attached hydrogens (primary N) is 1. The Hall–Kier alpha value is -4.16. The van der Waals surface area contributed by atoms with E-state index in [1.165, 1.54) is 29.3 Å². The van der Waals surface area contributed by atoms with Crippen molar-refractivity contribution in [2.45, 2.75) is 82.3 Å². The summed E-state index contributed by atoms with van der Waals surface area (Å²) < 4.78 is 5.83. The summed E-state index contributed by atoms with van der Waals surface area (Å²) in [5.74, 6) is -3.61. The van der Waals surface area contributed by atoms with Crippen molar-refractivity contribution in [2.24, 2.45) is 16.6 Å². The average Bonchev–Trinajstić information content (AvgIpc) is 3.13. The molecule has 0 saturated carbocycles. The van der Waals surface area contributed by atoms with Crippen molar-refractivity contribution in [1.82, 2.24) is 10.2 Å². The highest BCUT2D eigenvalue weighted by molar-refractivity contribution is 5.84. The number of hydrogen-bond acceptors (Lipinski definition) is 8. The molecule has 51 heavy (non-hydrogen) atoms. The van der Waals surface area contributed by atoms with Gasteiger partial charge in [-0.3, -0.25) is 25.0 Å². The van der Waals surface area contributed by atoms with Crippen LogP contribution in [0.4, 0.5) is 5.69 Å². The Morgan fingerprint density at radius 1 is 0.902 bits per heavy atom. The Bertz CT molecular complexity index is 1590. The molecule has 0 aliphatic carbocycles. The van der Waals surface area contributed by atoms with Crippen molar-refractivity contribution in [3.05, 3.63) is 112 Å². The van der Waals surface area contributed by atoms with Crippen molar-refractivity contribution < 1.29 is 29.5 Å². The summed E-state index contributed by atoms with van der Waals surface area (Å²) in [5.41, 5.74) is 5.66. The smallest absolute Gasteiger partial charge is 0.313 e. The maximum Gasteiger partial charge on any atom is 0.313 e. The van der Waals surface area contributed by atoms with Crippen LogP contribution in [0.5, 0.6) is 0 Å². The molecule has 5 N–H and O–H groups in total. The molecule has 2 aliphatic rings. The molecule has 0 spiro atoms. The first-order valence-electron chi connectivity index (χ1n) is 18.2. The molecule has 0 amide bonds. The Labute approximate surface area is 300 Å². The molecule has 0 radical (unpaired) electrons. The number of hydrogen-bond donors (Lipinski definition) is 4. The van der Waals surface area contributed by atoms with Gasteiger partial charge in [0, 0.05) is 42.7 Å². The summed E-state index contributed by atoms with van der Waals surface area (Å²) in [6, 6.07) is 26.1. The summed E-state index contributed by atoms with van der Waals surface area (Å²) in [6.45, 7) is 6.48. The lowest BCUT2D eigenvalue weighted by molar-refractivity contribution is -0.385. The second kappa shape index (κ2) is 16.5. The SMILES string of the molecule is CCCCOCCC1(C(=O)O)C(c2cccc([N+](=O)[O-])c2)C(CCCN2CCC(c3ccccc3)(c3ccccc3)CC2)(C(=O)O)C(C)N[C@@H]1N. The third-order valence-electron chi connectivity index (χ3n) is 11.7. The van der Waals surface area contributed by atoms with E-state index < -0.39 is 45.8 Å². The predicted octanol–water partition coefficient (Wildman–Crippen LogP) is 6.17. The van der Waals surface area contributed by atoms with Crippen molar-refractivity contribution in [3.63, 3.8) is 0 Å². The fourth-order valence-electron chi connectivity index (χ4n) is 8.91. The molecule has 274 valence electrons. The number of nitro benzene ring substituents is 1. The van der Waals surface area contributed by atoms with E-state index in [4.69, 9.17) is 10.5 Å². The largest absolute Gasteiger partial charge is 0.481 e. The summed E-state index contributed by atoms with van der Waals surface area (Å²) in [4.78, 5) is 41.0. The second-order valence-corrected chi connectivity index (χ2v) is 14.3. The van der Waals surface area contributed by atoms with Crippen LogP contribution in [0, 0.1) is 20.9 Å². The minimum Gasteiger partial charge on any atom is -0.481 e. The van der Waals surface area contributed by atoms with Crippen LogP contribution in [0.2, 0.25) is 0 Å². The van der Waals surface area contributed by atoms with Crippen molar-refractivity contribution in [2.75, 3.05) is 32.8 Å². The Balaban J connectivity index is 1.45. The summed E-state index contributed by atoms with van der Waals surface area (Å²) in [5, 5.41) is 37.3. The Kier molecular flexibility index (Phi) is 12.3. The van der Waals surface area contributed by atoms with Gasteiger partial charge in [-0.25, -0.2) is 0 Å². The second-order valence-electron chi connectivity index (χ2n) is 14.3. The van der Waals surface area contributed by atoms with Crippen LogP contribution in [0.15, 0.2) is 84.9 Å². The Morgan fingerprint density at radius 2 is 1.51 bits per heavy atom. The van der Waals surface area contributed by atoms with E-state index in [0.29, 0.717) is 19.6 Å². The van der Waals surface area contributed by atoms with Gasteiger partial charge in [-0.05, 0) is 81.8 Å². The maximum absolute atomic E-state index is 13.8. The molecular formula is C40H52N4O7. The number of aliphatic carboxylic acids is 2. The Morgan fingerprint density at radius 3 is 2.06 bits per heavy atom. The first-order chi connectivity index (χ1) is 24.5. The van der Waals surface area contributed by atoms with Crippen LogP contribution in [0.25, 0.3) is 0 Å². The lowest BCUT2D eigenvalue weighted by Crippen LogP contribution is -2.73. The van der Waals surface area contributed by atoms with Gasteiger partial charge in [0.25, 0.3) is 5.69 Å². The standard InChI is InChI=1S/C40H52N4O7/c1-3-4-26-51-27-22-40(37(47)48)34(30-13-11-18-33(28-30)44(49)50)39(36(45)46,29(2)42-35(40)41)19-12-23-43-24-20-38(21-25-43,31-14-7-5-8-15-31)32-16-9-6-10-17-32/h5-11,13-18,28-29,34-35,42H,3-4,12,19-27,41H2,1-2H3,(H,45,46)(H,47,48)/t29?,34?,35-,39?,40?/m0/s1. The molecule has 0 aromatic heterocycles. The molecule has 3 aromatic rings. The molecule has 2 aliphatic heterocycles. The van der Waals surface area contributed by atoms with Gasteiger partial charge in [-0.2, -0.15) is 0 Å².